The Labute approximate surface area is 186 Å². The van der Waals surface area contributed by atoms with Crippen molar-refractivity contribution in [3.63, 3.8) is 0 Å². The summed E-state index contributed by atoms with van der Waals surface area (Å²) in [6.07, 6.45) is 4.45. The summed E-state index contributed by atoms with van der Waals surface area (Å²) in [6.45, 7) is 1.51. The van der Waals surface area contributed by atoms with Gasteiger partial charge in [0.1, 0.15) is 11.6 Å². The monoisotopic (exact) mass is 430 g/mol. The molecule has 0 radical (unpaired) electrons. The number of aryl methyl sites for hydroxylation is 1. The Morgan fingerprint density at radius 2 is 1.94 bits per heavy atom. The summed E-state index contributed by atoms with van der Waals surface area (Å²) in [4.78, 5) is 27.2. The van der Waals surface area contributed by atoms with Gasteiger partial charge in [0.15, 0.2) is 11.7 Å². The Morgan fingerprint density at radius 3 is 2.69 bits per heavy atom. The zero-order chi connectivity index (χ0) is 21.9. The van der Waals surface area contributed by atoms with Crippen LogP contribution in [0.25, 0.3) is 22.4 Å². The molecule has 7 heteroatoms. The smallest absolute Gasteiger partial charge is 0.223 e. The van der Waals surface area contributed by atoms with Gasteiger partial charge >= 0.3 is 0 Å². The number of aromatic nitrogens is 3. The van der Waals surface area contributed by atoms with Crippen molar-refractivity contribution < 1.29 is 13.9 Å². The summed E-state index contributed by atoms with van der Waals surface area (Å²) in [7, 11) is 1.64. The molecule has 1 N–H and O–H groups in total. The number of hydrogen-bond donors (Lipinski definition) is 1. The summed E-state index contributed by atoms with van der Waals surface area (Å²) in [6, 6.07) is 15.7. The van der Waals surface area contributed by atoms with Gasteiger partial charge in [0.05, 0.1) is 24.3 Å². The molecule has 0 spiro atoms. The van der Waals surface area contributed by atoms with Gasteiger partial charge in [-0.15, -0.1) is 0 Å². The number of benzene rings is 2. The van der Waals surface area contributed by atoms with E-state index in [0.717, 1.165) is 54.1 Å². The standard InChI is InChI=1S/C25H26N4O3/c1-31-19-8-6-17(7-9-19)22-16-26-23(32-22)10-11-24(30)29-14-12-18(13-15-29)25-27-20-4-2-3-5-21(20)28-25/h2-9,16,18H,10-15H2,1H3,(H,27,28). The quantitative estimate of drug-likeness (QED) is 0.485. The molecule has 0 saturated carbocycles. The number of para-hydroxylation sites is 2. The largest absolute Gasteiger partial charge is 0.497 e. The van der Waals surface area contributed by atoms with E-state index < -0.39 is 0 Å². The molecule has 1 saturated heterocycles. The summed E-state index contributed by atoms with van der Waals surface area (Å²) >= 11 is 0. The van der Waals surface area contributed by atoms with E-state index in [1.165, 1.54) is 0 Å². The number of aromatic amines is 1. The van der Waals surface area contributed by atoms with Gasteiger partial charge in [-0.25, -0.2) is 9.97 Å². The van der Waals surface area contributed by atoms with Gasteiger partial charge < -0.3 is 19.0 Å². The van der Waals surface area contributed by atoms with E-state index in [2.05, 4.69) is 9.97 Å². The molecule has 1 fully saturated rings. The fourth-order valence-corrected chi connectivity index (χ4v) is 4.25. The average Bonchev–Trinajstić information content (AvgIpc) is 3.50. The van der Waals surface area contributed by atoms with Crippen LogP contribution >= 0.6 is 0 Å². The second-order valence-corrected chi connectivity index (χ2v) is 8.14. The first kappa shape index (κ1) is 20.3. The van der Waals surface area contributed by atoms with E-state index in [1.807, 2.05) is 53.4 Å². The van der Waals surface area contributed by atoms with Gasteiger partial charge in [-0.1, -0.05) is 12.1 Å². The van der Waals surface area contributed by atoms with Crippen LogP contribution in [0.15, 0.2) is 59.1 Å². The Morgan fingerprint density at radius 1 is 1.16 bits per heavy atom. The zero-order valence-electron chi connectivity index (χ0n) is 18.1. The minimum atomic E-state index is 0.150. The molecule has 2 aromatic carbocycles. The van der Waals surface area contributed by atoms with Crippen molar-refractivity contribution in [2.45, 2.75) is 31.6 Å². The van der Waals surface area contributed by atoms with Crippen LogP contribution in [0.5, 0.6) is 5.75 Å². The van der Waals surface area contributed by atoms with E-state index in [-0.39, 0.29) is 5.91 Å². The molecule has 5 rings (SSSR count). The van der Waals surface area contributed by atoms with Crippen LogP contribution in [0.1, 0.15) is 36.9 Å². The molecule has 2 aromatic heterocycles. The molecule has 7 nitrogen and oxygen atoms in total. The predicted molar refractivity (Wildman–Crippen MR) is 121 cm³/mol. The van der Waals surface area contributed by atoms with Gasteiger partial charge in [-0.2, -0.15) is 0 Å². The Hall–Kier alpha value is -3.61. The van der Waals surface area contributed by atoms with Crippen molar-refractivity contribution in [1.29, 1.82) is 0 Å². The maximum absolute atomic E-state index is 12.7. The molecule has 0 atom stereocenters. The van der Waals surface area contributed by atoms with Crippen molar-refractivity contribution >= 4 is 16.9 Å². The van der Waals surface area contributed by atoms with Crippen molar-refractivity contribution in [2.24, 2.45) is 0 Å². The fourth-order valence-electron chi connectivity index (χ4n) is 4.25. The van der Waals surface area contributed by atoms with Crippen LogP contribution in [0.4, 0.5) is 0 Å². The van der Waals surface area contributed by atoms with Crippen molar-refractivity contribution in [3.8, 4) is 17.1 Å². The molecule has 164 valence electrons. The first-order chi connectivity index (χ1) is 15.7. The second kappa shape index (κ2) is 8.86. The zero-order valence-corrected chi connectivity index (χ0v) is 18.1. The van der Waals surface area contributed by atoms with E-state index in [0.29, 0.717) is 30.4 Å². The van der Waals surface area contributed by atoms with Gasteiger partial charge in [-0.3, -0.25) is 4.79 Å². The van der Waals surface area contributed by atoms with Gasteiger partial charge in [0.25, 0.3) is 0 Å². The van der Waals surface area contributed by atoms with Crippen molar-refractivity contribution in [1.82, 2.24) is 19.9 Å². The number of rotatable bonds is 6. The number of likely N-dealkylation sites (tertiary alicyclic amines) is 1. The number of carbonyl (C=O) groups is 1. The lowest BCUT2D eigenvalue weighted by molar-refractivity contribution is -0.132. The van der Waals surface area contributed by atoms with E-state index >= 15 is 0 Å². The summed E-state index contributed by atoms with van der Waals surface area (Å²) in [5.41, 5.74) is 3.01. The van der Waals surface area contributed by atoms with E-state index in [1.54, 1.807) is 13.3 Å². The number of nitrogens with one attached hydrogen (secondary N) is 1. The summed E-state index contributed by atoms with van der Waals surface area (Å²) < 4.78 is 11.0. The number of piperidine rings is 1. The summed E-state index contributed by atoms with van der Waals surface area (Å²) in [5, 5.41) is 0. The molecule has 1 aliphatic heterocycles. The number of H-pyrrole nitrogens is 1. The number of hydrogen-bond acceptors (Lipinski definition) is 5. The molecule has 0 aliphatic carbocycles. The SMILES string of the molecule is COc1ccc(-c2cnc(CCC(=O)N3CCC(c4nc5ccccc5[nH]4)CC3)o2)cc1. The number of oxazole rings is 1. The average molecular weight is 431 g/mol. The first-order valence-electron chi connectivity index (χ1n) is 11.0. The molecule has 1 aliphatic rings. The lowest BCUT2D eigenvalue weighted by Gasteiger charge is -2.31. The number of amides is 1. The first-order valence-corrected chi connectivity index (χ1v) is 11.0. The lowest BCUT2D eigenvalue weighted by Crippen LogP contribution is -2.38. The lowest BCUT2D eigenvalue weighted by atomic mass is 9.96. The molecule has 1 amide bonds. The molecule has 0 bridgehead atoms. The van der Waals surface area contributed by atoms with Crippen LogP contribution in [-0.4, -0.2) is 46.0 Å². The molecular weight excluding hydrogens is 404 g/mol. The minimum absolute atomic E-state index is 0.150. The number of ether oxygens (including phenoxy) is 1. The maximum Gasteiger partial charge on any atom is 0.223 e. The van der Waals surface area contributed by atoms with Crippen LogP contribution in [-0.2, 0) is 11.2 Å². The second-order valence-electron chi connectivity index (χ2n) is 8.14. The van der Waals surface area contributed by atoms with Gasteiger partial charge in [0, 0.05) is 37.4 Å². The van der Waals surface area contributed by atoms with E-state index in [4.69, 9.17) is 14.1 Å². The number of fused-ring (bicyclic) bond motifs is 1. The normalized spacial score (nSPS) is 14.7. The Balaban J connectivity index is 1.13. The topological polar surface area (TPSA) is 84.2 Å². The minimum Gasteiger partial charge on any atom is -0.497 e. The number of imidazole rings is 1. The number of nitrogens with zero attached hydrogens (tertiary/aromatic N) is 3. The van der Waals surface area contributed by atoms with Gasteiger partial charge in [-0.05, 0) is 49.2 Å². The van der Waals surface area contributed by atoms with Crippen molar-refractivity contribution in [3.05, 3.63) is 66.4 Å². The fraction of sp³-hybridized carbons (Fsp3) is 0.320. The van der Waals surface area contributed by atoms with Crippen LogP contribution in [0.3, 0.4) is 0 Å². The van der Waals surface area contributed by atoms with Crippen molar-refractivity contribution in [2.75, 3.05) is 20.2 Å². The highest BCUT2D eigenvalue weighted by atomic mass is 16.5. The van der Waals surface area contributed by atoms with Crippen LogP contribution in [0.2, 0.25) is 0 Å². The third-order valence-electron chi connectivity index (χ3n) is 6.12. The van der Waals surface area contributed by atoms with E-state index in [9.17, 15) is 4.79 Å². The highest BCUT2D eigenvalue weighted by molar-refractivity contribution is 5.76. The predicted octanol–water partition coefficient (Wildman–Crippen LogP) is 4.57. The third-order valence-corrected chi connectivity index (χ3v) is 6.12. The molecule has 3 heterocycles. The third kappa shape index (κ3) is 4.23. The molecule has 0 unspecified atom stereocenters. The molecule has 32 heavy (non-hydrogen) atoms. The molecular formula is C25H26N4O3. The number of methoxy groups -OCH3 is 1. The maximum atomic E-state index is 12.7. The highest BCUT2D eigenvalue weighted by Crippen LogP contribution is 2.28. The van der Waals surface area contributed by atoms with Crippen LogP contribution < -0.4 is 4.74 Å². The highest BCUT2D eigenvalue weighted by Gasteiger charge is 2.25. The number of carbonyl (C=O) groups excluding carboxylic acids is 1. The Kier molecular flexibility index (Phi) is 5.62. The Bertz CT molecular complexity index is 1170. The van der Waals surface area contributed by atoms with Gasteiger partial charge in [0.2, 0.25) is 5.91 Å². The molecule has 4 aromatic rings. The summed E-state index contributed by atoms with van der Waals surface area (Å²) in [5.74, 6) is 3.62. The van der Waals surface area contributed by atoms with Crippen LogP contribution in [0, 0.1) is 0 Å².